The number of hydrogen-bond acceptors (Lipinski definition) is 4. The summed E-state index contributed by atoms with van der Waals surface area (Å²) in [6, 6.07) is 13.3. The van der Waals surface area contributed by atoms with E-state index < -0.39 is 0 Å². The van der Waals surface area contributed by atoms with E-state index >= 15 is 0 Å². The van der Waals surface area contributed by atoms with Crippen molar-refractivity contribution in [3.63, 3.8) is 0 Å². The molecular weight excluding hydrogens is 250 g/mol. The summed E-state index contributed by atoms with van der Waals surface area (Å²) in [5.41, 5.74) is 8.39. The van der Waals surface area contributed by atoms with Gasteiger partial charge in [-0.3, -0.25) is 0 Å². The summed E-state index contributed by atoms with van der Waals surface area (Å²) >= 11 is 0. The van der Waals surface area contributed by atoms with Crippen LogP contribution < -0.4 is 10.5 Å². The van der Waals surface area contributed by atoms with Crippen LogP contribution in [0.4, 0.5) is 0 Å². The molecule has 1 aromatic carbocycles. The molecule has 102 valence electrons. The molecule has 4 heteroatoms. The molecule has 0 aliphatic carbocycles. The number of ether oxygens (including phenoxy) is 1. The molecule has 2 N–H and O–H groups in total. The number of para-hydroxylation sites is 1. The quantitative estimate of drug-likeness (QED) is 0.904. The Hall–Kier alpha value is -2.38. The van der Waals surface area contributed by atoms with Gasteiger partial charge < -0.3 is 10.5 Å². The summed E-state index contributed by atoms with van der Waals surface area (Å²) in [5.74, 6) is 0.789. The van der Waals surface area contributed by atoms with Crippen molar-refractivity contribution in [2.24, 2.45) is 5.73 Å². The van der Waals surface area contributed by atoms with Gasteiger partial charge in [0.2, 0.25) is 0 Å². The summed E-state index contributed by atoms with van der Waals surface area (Å²) in [4.78, 5) is 3.94. The molecule has 0 bridgehead atoms. The first kappa shape index (κ1) is 14.0. The summed E-state index contributed by atoms with van der Waals surface area (Å²) in [7, 11) is 0. The Labute approximate surface area is 118 Å². The average Bonchev–Trinajstić information content (AvgIpc) is 2.52. The van der Waals surface area contributed by atoms with E-state index in [1.54, 1.807) is 12.3 Å². The van der Waals surface area contributed by atoms with Crippen molar-refractivity contribution in [2.75, 3.05) is 0 Å². The normalized spacial score (nSPS) is 11.7. The number of benzene rings is 1. The van der Waals surface area contributed by atoms with Crippen molar-refractivity contribution in [3.8, 4) is 11.8 Å². The second-order valence-electron chi connectivity index (χ2n) is 4.50. The third-order valence-electron chi connectivity index (χ3n) is 3.09. The predicted octanol–water partition coefficient (Wildman–Crippen LogP) is 2.94. The van der Waals surface area contributed by atoms with Gasteiger partial charge in [-0.2, -0.15) is 5.26 Å². The Morgan fingerprint density at radius 2 is 2.15 bits per heavy atom. The summed E-state index contributed by atoms with van der Waals surface area (Å²) in [6.07, 6.45) is 2.47. The Balaban J connectivity index is 2.13. The summed E-state index contributed by atoms with van der Waals surface area (Å²) in [6.45, 7) is 2.44. The monoisotopic (exact) mass is 267 g/mol. The molecule has 1 atom stereocenters. The predicted molar refractivity (Wildman–Crippen MR) is 76.9 cm³/mol. The zero-order valence-corrected chi connectivity index (χ0v) is 11.4. The summed E-state index contributed by atoms with van der Waals surface area (Å²) < 4.78 is 5.83. The van der Waals surface area contributed by atoms with Crippen LogP contribution in [-0.2, 0) is 6.61 Å². The van der Waals surface area contributed by atoms with Gasteiger partial charge in [0.1, 0.15) is 24.1 Å². The molecule has 20 heavy (non-hydrogen) atoms. The highest BCUT2D eigenvalue weighted by Crippen LogP contribution is 2.26. The van der Waals surface area contributed by atoms with E-state index in [1.807, 2.05) is 43.3 Å². The maximum Gasteiger partial charge on any atom is 0.140 e. The molecule has 0 radical (unpaired) electrons. The van der Waals surface area contributed by atoms with Gasteiger partial charge in [-0.15, -0.1) is 0 Å². The van der Waals surface area contributed by atoms with Crippen LogP contribution in [-0.4, -0.2) is 4.98 Å². The van der Waals surface area contributed by atoms with Crippen molar-refractivity contribution in [1.29, 1.82) is 5.26 Å². The molecular formula is C16H17N3O. The van der Waals surface area contributed by atoms with E-state index in [0.717, 1.165) is 23.3 Å². The lowest BCUT2D eigenvalue weighted by atomic mass is 10.0. The molecule has 1 unspecified atom stereocenters. The van der Waals surface area contributed by atoms with Crippen LogP contribution in [0.25, 0.3) is 0 Å². The lowest BCUT2D eigenvalue weighted by Gasteiger charge is -2.15. The van der Waals surface area contributed by atoms with Gasteiger partial charge in [-0.25, -0.2) is 4.98 Å². The maximum absolute atomic E-state index is 8.83. The Kier molecular flexibility index (Phi) is 4.70. The van der Waals surface area contributed by atoms with Crippen LogP contribution in [0.5, 0.6) is 5.75 Å². The smallest absolute Gasteiger partial charge is 0.140 e. The SMILES string of the molecule is CCC(N)c1ccccc1OCc1ccnc(C#N)c1. The second-order valence-corrected chi connectivity index (χ2v) is 4.50. The van der Waals surface area contributed by atoms with Gasteiger partial charge in [0.25, 0.3) is 0 Å². The van der Waals surface area contributed by atoms with E-state index in [9.17, 15) is 0 Å². The molecule has 0 fully saturated rings. The van der Waals surface area contributed by atoms with Crippen molar-refractivity contribution in [1.82, 2.24) is 4.98 Å². The summed E-state index contributed by atoms with van der Waals surface area (Å²) in [5, 5.41) is 8.83. The largest absolute Gasteiger partial charge is 0.489 e. The van der Waals surface area contributed by atoms with Crippen LogP contribution in [0.3, 0.4) is 0 Å². The minimum Gasteiger partial charge on any atom is -0.489 e. The molecule has 4 nitrogen and oxygen atoms in total. The molecule has 2 aromatic rings. The molecule has 2 rings (SSSR count). The third kappa shape index (κ3) is 3.34. The minimum atomic E-state index is -0.0293. The molecule has 0 spiro atoms. The van der Waals surface area contributed by atoms with Crippen LogP contribution in [0.1, 0.15) is 36.2 Å². The van der Waals surface area contributed by atoms with E-state index in [4.69, 9.17) is 15.7 Å². The fraction of sp³-hybridized carbons (Fsp3) is 0.250. The maximum atomic E-state index is 8.83. The van der Waals surface area contributed by atoms with Gasteiger partial charge in [0.05, 0.1) is 0 Å². The third-order valence-corrected chi connectivity index (χ3v) is 3.09. The van der Waals surface area contributed by atoms with Gasteiger partial charge >= 0.3 is 0 Å². The number of rotatable bonds is 5. The standard InChI is InChI=1S/C16H17N3O/c1-2-15(18)14-5-3-4-6-16(14)20-11-12-7-8-19-13(9-12)10-17/h3-9,15H,2,11,18H2,1H3. The zero-order valence-electron chi connectivity index (χ0n) is 11.4. The first-order valence-corrected chi connectivity index (χ1v) is 6.57. The van der Waals surface area contributed by atoms with Crippen LogP contribution >= 0.6 is 0 Å². The Morgan fingerprint density at radius 1 is 1.35 bits per heavy atom. The number of aromatic nitrogens is 1. The zero-order chi connectivity index (χ0) is 14.4. The molecule has 1 heterocycles. The molecule has 0 saturated heterocycles. The first-order valence-electron chi connectivity index (χ1n) is 6.57. The number of pyridine rings is 1. The number of nitrogens with zero attached hydrogens (tertiary/aromatic N) is 2. The van der Waals surface area contributed by atoms with E-state index in [2.05, 4.69) is 4.98 Å². The fourth-order valence-corrected chi connectivity index (χ4v) is 1.92. The van der Waals surface area contributed by atoms with Crippen molar-refractivity contribution in [3.05, 3.63) is 59.4 Å². The number of nitrogens with two attached hydrogens (primary N) is 1. The Bertz CT molecular complexity index is 619. The molecule has 0 amide bonds. The average molecular weight is 267 g/mol. The van der Waals surface area contributed by atoms with Crippen molar-refractivity contribution < 1.29 is 4.74 Å². The van der Waals surface area contributed by atoms with Crippen molar-refractivity contribution >= 4 is 0 Å². The highest BCUT2D eigenvalue weighted by Gasteiger charge is 2.10. The van der Waals surface area contributed by atoms with Crippen molar-refractivity contribution in [2.45, 2.75) is 26.0 Å². The minimum absolute atomic E-state index is 0.0293. The lowest BCUT2D eigenvalue weighted by molar-refractivity contribution is 0.300. The van der Waals surface area contributed by atoms with Crippen LogP contribution in [0, 0.1) is 11.3 Å². The molecule has 0 aliphatic heterocycles. The Morgan fingerprint density at radius 3 is 2.90 bits per heavy atom. The molecule has 0 saturated carbocycles. The van der Waals surface area contributed by atoms with Crippen LogP contribution in [0.2, 0.25) is 0 Å². The first-order chi connectivity index (χ1) is 9.74. The van der Waals surface area contributed by atoms with Gasteiger partial charge in [-0.1, -0.05) is 25.1 Å². The van der Waals surface area contributed by atoms with E-state index in [0.29, 0.717) is 12.3 Å². The number of nitriles is 1. The second kappa shape index (κ2) is 6.69. The highest BCUT2D eigenvalue weighted by atomic mass is 16.5. The van der Waals surface area contributed by atoms with E-state index in [-0.39, 0.29) is 6.04 Å². The van der Waals surface area contributed by atoms with Gasteiger partial charge in [-0.05, 0) is 30.2 Å². The van der Waals surface area contributed by atoms with Gasteiger partial charge in [0, 0.05) is 17.8 Å². The van der Waals surface area contributed by atoms with Gasteiger partial charge in [0.15, 0.2) is 0 Å². The lowest BCUT2D eigenvalue weighted by Crippen LogP contribution is -2.10. The number of hydrogen-bond donors (Lipinski definition) is 1. The topological polar surface area (TPSA) is 71.9 Å². The fourth-order valence-electron chi connectivity index (χ4n) is 1.92. The molecule has 1 aromatic heterocycles. The van der Waals surface area contributed by atoms with E-state index in [1.165, 1.54) is 0 Å². The molecule has 0 aliphatic rings. The van der Waals surface area contributed by atoms with Crippen LogP contribution in [0.15, 0.2) is 42.6 Å². The highest BCUT2D eigenvalue weighted by molar-refractivity contribution is 5.36.